The summed E-state index contributed by atoms with van der Waals surface area (Å²) in [4.78, 5) is 19.3. The lowest BCUT2D eigenvalue weighted by Gasteiger charge is -2.37. The monoisotopic (exact) mass is 512 g/mol. The third-order valence-corrected chi connectivity index (χ3v) is 8.35. The molecule has 1 N–H and O–H groups in total. The minimum absolute atomic E-state index is 0.0747. The molecule has 38 heavy (non-hydrogen) atoms. The number of aromatic amines is 1. The summed E-state index contributed by atoms with van der Waals surface area (Å²) in [6, 6.07) is 16.7. The van der Waals surface area contributed by atoms with Gasteiger partial charge in [-0.3, -0.25) is 9.69 Å². The molecule has 198 valence electrons. The minimum Gasteiger partial charge on any atom is -0.376 e. The topological polar surface area (TPSA) is 88.9 Å². The van der Waals surface area contributed by atoms with Gasteiger partial charge in [-0.25, -0.2) is 4.68 Å². The molecular weight excluding hydrogens is 476 g/mol. The highest BCUT2D eigenvalue weighted by Gasteiger charge is 2.34. The molecule has 0 spiro atoms. The number of benzene rings is 2. The molecule has 2 aromatic carbocycles. The lowest BCUT2D eigenvalue weighted by Crippen LogP contribution is -2.41. The van der Waals surface area contributed by atoms with Crippen molar-refractivity contribution < 1.29 is 4.74 Å². The van der Waals surface area contributed by atoms with Crippen LogP contribution in [0.4, 0.5) is 0 Å². The Hall–Kier alpha value is -3.36. The van der Waals surface area contributed by atoms with Gasteiger partial charge < -0.3 is 9.72 Å². The molecule has 2 saturated heterocycles. The van der Waals surface area contributed by atoms with Crippen molar-refractivity contribution in [2.45, 2.75) is 64.6 Å². The number of pyridine rings is 1. The highest BCUT2D eigenvalue weighted by atomic mass is 16.5. The first-order chi connectivity index (χ1) is 18.6. The van der Waals surface area contributed by atoms with Crippen LogP contribution in [-0.2, 0) is 17.7 Å². The average Bonchev–Trinajstić information content (AvgIpc) is 3.62. The molecule has 2 aromatic heterocycles. The fourth-order valence-corrected chi connectivity index (χ4v) is 6.17. The Morgan fingerprint density at radius 2 is 1.84 bits per heavy atom. The highest BCUT2D eigenvalue weighted by molar-refractivity contribution is 5.85. The summed E-state index contributed by atoms with van der Waals surface area (Å²) in [5.41, 5.74) is 5.13. The van der Waals surface area contributed by atoms with Gasteiger partial charge in [0.15, 0.2) is 5.82 Å². The number of fused-ring (bicyclic) bond motifs is 1. The zero-order valence-corrected chi connectivity index (χ0v) is 22.3. The van der Waals surface area contributed by atoms with Crippen molar-refractivity contribution >= 4 is 10.9 Å². The zero-order valence-electron chi connectivity index (χ0n) is 22.3. The van der Waals surface area contributed by atoms with E-state index in [4.69, 9.17) is 4.74 Å². The Morgan fingerprint density at radius 3 is 2.61 bits per heavy atom. The fraction of sp³-hybridized carbons (Fsp3) is 0.467. The summed E-state index contributed by atoms with van der Waals surface area (Å²) in [5, 5.41) is 14.0. The van der Waals surface area contributed by atoms with Gasteiger partial charge in [0.2, 0.25) is 0 Å². The number of hydrogen-bond acceptors (Lipinski definition) is 6. The third-order valence-electron chi connectivity index (χ3n) is 8.35. The Balaban J connectivity index is 1.35. The average molecular weight is 513 g/mol. The number of nitrogens with one attached hydrogen (secondary N) is 1. The van der Waals surface area contributed by atoms with E-state index in [2.05, 4.69) is 80.9 Å². The van der Waals surface area contributed by atoms with Crippen molar-refractivity contribution in [1.82, 2.24) is 30.1 Å². The summed E-state index contributed by atoms with van der Waals surface area (Å²) in [6.07, 6.45) is 5.40. The number of aromatic nitrogens is 5. The number of piperidine rings is 1. The van der Waals surface area contributed by atoms with E-state index in [-0.39, 0.29) is 17.7 Å². The standard InChI is InChI=1S/C30H36N6O2/c1-20-10-11-21(2)27-25(20)18-26(30(37)31-27)28(29-32-33-34-36(29)19-24-9-6-16-38-24)35-14-12-23(13-15-35)17-22-7-4-3-5-8-22/h3-5,7-8,10-11,18,23-24,28H,6,9,12-17,19H2,1-2H3,(H,31,37)/t24-,28+/m1/s1. The van der Waals surface area contributed by atoms with E-state index >= 15 is 0 Å². The SMILES string of the molecule is Cc1ccc(C)c2[nH]c(=O)c([C@@H](c3nnnn3C[C@H]3CCCO3)N3CCC(Cc4ccccc4)CC3)cc12. The fourth-order valence-electron chi connectivity index (χ4n) is 6.17. The second-order valence-electron chi connectivity index (χ2n) is 11.0. The Labute approximate surface area is 223 Å². The molecule has 6 rings (SSSR count). The quantitative estimate of drug-likeness (QED) is 0.396. The van der Waals surface area contributed by atoms with Crippen molar-refractivity contribution in [2.75, 3.05) is 19.7 Å². The van der Waals surface area contributed by atoms with Crippen molar-refractivity contribution in [3.8, 4) is 0 Å². The smallest absolute Gasteiger partial charge is 0.253 e. The van der Waals surface area contributed by atoms with Crippen LogP contribution in [0.25, 0.3) is 10.9 Å². The summed E-state index contributed by atoms with van der Waals surface area (Å²) < 4.78 is 7.76. The van der Waals surface area contributed by atoms with E-state index in [9.17, 15) is 4.79 Å². The van der Waals surface area contributed by atoms with Gasteiger partial charge in [0, 0.05) is 17.6 Å². The normalized spacial score (nSPS) is 19.8. The van der Waals surface area contributed by atoms with E-state index in [0.717, 1.165) is 79.7 Å². The molecule has 2 aliphatic heterocycles. The molecule has 0 aliphatic carbocycles. The van der Waals surface area contributed by atoms with Crippen LogP contribution >= 0.6 is 0 Å². The molecule has 2 atom stereocenters. The second kappa shape index (κ2) is 10.8. The van der Waals surface area contributed by atoms with E-state index in [0.29, 0.717) is 18.0 Å². The van der Waals surface area contributed by atoms with Gasteiger partial charge in [-0.1, -0.05) is 42.5 Å². The molecule has 8 nitrogen and oxygen atoms in total. The molecule has 0 radical (unpaired) electrons. The highest BCUT2D eigenvalue weighted by Crippen LogP contribution is 2.33. The van der Waals surface area contributed by atoms with Crippen LogP contribution in [0.1, 0.15) is 59.8 Å². The van der Waals surface area contributed by atoms with Crippen LogP contribution < -0.4 is 5.56 Å². The van der Waals surface area contributed by atoms with E-state index in [1.54, 1.807) is 0 Å². The predicted octanol–water partition coefficient (Wildman–Crippen LogP) is 4.35. The zero-order chi connectivity index (χ0) is 26.1. The summed E-state index contributed by atoms with van der Waals surface area (Å²) in [6.45, 7) is 7.29. The largest absolute Gasteiger partial charge is 0.376 e. The lowest BCUT2D eigenvalue weighted by atomic mass is 9.88. The lowest BCUT2D eigenvalue weighted by molar-refractivity contribution is 0.0892. The maximum absolute atomic E-state index is 13.7. The number of tetrazole rings is 1. The van der Waals surface area contributed by atoms with Crippen LogP contribution in [0.15, 0.2) is 53.3 Å². The number of likely N-dealkylation sites (tertiary alicyclic amines) is 1. The van der Waals surface area contributed by atoms with Gasteiger partial charge in [-0.05, 0) is 98.1 Å². The van der Waals surface area contributed by atoms with Crippen LogP contribution in [0.3, 0.4) is 0 Å². The van der Waals surface area contributed by atoms with Crippen LogP contribution in [0.5, 0.6) is 0 Å². The molecule has 2 aliphatic rings. The summed E-state index contributed by atoms with van der Waals surface area (Å²) >= 11 is 0. The van der Waals surface area contributed by atoms with Gasteiger partial charge in [0.05, 0.1) is 18.2 Å². The molecule has 8 heteroatoms. The number of H-pyrrole nitrogens is 1. The summed E-state index contributed by atoms with van der Waals surface area (Å²) in [5.74, 6) is 1.34. The first-order valence-electron chi connectivity index (χ1n) is 13.9. The van der Waals surface area contributed by atoms with Gasteiger partial charge in [-0.15, -0.1) is 5.10 Å². The molecule has 0 unspecified atom stereocenters. The Kier molecular flexibility index (Phi) is 7.08. The maximum Gasteiger partial charge on any atom is 0.253 e. The Bertz CT molecular complexity index is 1450. The number of aryl methyl sites for hydroxylation is 2. The van der Waals surface area contributed by atoms with Crippen molar-refractivity contribution in [1.29, 1.82) is 0 Å². The Morgan fingerprint density at radius 1 is 1.05 bits per heavy atom. The van der Waals surface area contributed by atoms with E-state index in [1.807, 2.05) is 11.6 Å². The molecular formula is C30H36N6O2. The van der Waals surface area contributed by atoms with Crippen molar-refractivity contribution in [3.63, 3.8) is 0 Å². The first kappa shape index (κ1) is 24.9. The van der Waals surface area contributed by atoms with Gasteiger partial charge in [0.25, 0.3) is 5.56 Å². The van der Waals surface area contributed by atoms with Crippen LogP contribution in [-0.4, -0.2) is 55.9 Å². The molecule has 0 saturated carbocycles. The van der Waals surface area contributed by atoms with E-state index in [1.165, 1.54) is 5.56 Å². The van der Waals surface area contributed by atoms with Gasteiger partial charge in [-0.2, -0.15) is 0 Å². The van der Waals surface area contributed by atoms with E-state index < -0.39 is 0 Å². The maximum atomic E-state index is 13.7. The predicted molar refractivity (Wildman–Crippen MR) is 147 cm³/mol. The van der Waals surface area contributed by atoms with Crippen LogP contribution in [0.2, 0.25) is 0 Å². The number of ether oxygens (including phenoxy) is 1. The van der Waals surface area contributed by atoms with Crippen molar-refractivity contribution in [3.05, 3.63) is 87.0 Å². The third kappa shape index (κ3) is 5.02. The number of nitrogens with zero attached hydrogens (tertiary/aromatic N) is 5. The molecule has 4 heterocycles. The first-order valence-corrected chi connectivity index (χ1v) is 13.9. The van der Waals surface area contributed by atoms with Crippen LogP contribution in [0, 0.1) is 19.8 Å². The van der Waals surface area contributed by atoms with Crippen molar-refractivity contribution in [2.24, 2.45) is 5.92 Å². The van der Waals surface area contributed by atoms with Gasteiger partial charge >= 0.3 is 0 Å². The van der Waals surface area contributed by atoms with Gasteiger partial charge in [0.1, 0.15) is 6.04 Å². The second-order valence-corrected chi connectivity index (χ2v) is 11.0. The molecule has 0 amide bonds. The minimum atomic E-state index is -0.322. The molecule has 4 aromatic rings. The molecule has 2 fully saturated rings. The number of hydrogen-bond donors (Lipinski definition) is 1. The molecule has 0 bridgehead atoms. The number of rotatable bonds is 7. The summed E-state index contributed by atoms with van der Waals surface area (Å²) in [7, 11) is 0.